The molecule has 0 spiro atoms. The molecule has 0 aliphatic rings. The Kier molecular flexibility index (Phi) is 4.79. The third-order valence-electron chi connectivity index (χ3n) is 2.98. The number of amides is 1. The van der Waals surface area contributed by atoms with Crippen LogP contribution < -0.4 is 5.32 Å². The fraction of sp³-hybridized carbons (Fsp3) is 0.188. The van der Waals surface area contributed by atoms with Crippen LogP contribution in [0.4, 0.5) is 5.69 Å². The molecule has 3 nitrogen and oxygen atoms in total. The molecule has 0 unspecified atom stereocenters. The molecule has 1 heterocycles. The highest BCUT2D eigenvalue weighted by Crippen LogP contribution is 2.21. The lowest BCUT2D eigenvalue weighted by Gasteiger charge is -2.11. The van der Waals surface area contributed by atoms with Crippen molar-refractivity contribution in [3.63, 3.8) is 0 Å². The molecule has 0 bridgehead atoms. The zero-order valence-corrected chi connectivity index (χ0v) is 13.0. The van der Waals surface area contributed by atoms with Gasteiger partial charge in [-0.05, 0) is 58.6 Å². The summed E-state index contributed by atoms with van der Waals surface area (Å²) in [6.07, 6.45) is 3.99. The Morgan fingerprint density at radius 2 is 2.15 bits per heavy atom. The third kappa shape index (κ3) is 3.61. The maximum absolute atomic E-state index is 12.0. The van der Waals surface area contributed by atoms with Gasteiger partial charge in [0.05, 0.1) is 0 Å². The van der Waals surface area contributed by atoms with E-state index in [9.17, 15) is 4.79 Å². The van der Waals surface area contributed by atoms with Crippen molar-refractivity contribution in [3.8, 4) is 0 Å². The number of carbonyl (C=O) groups is 1. The van der Waals surface area contributed by atoms with E-state index in [1.807, 2.05) is 25.1 Å². The maximum atomic E-state index is 12.0. The molecular weight excluding hydrogens is 318 g/mol. The van der Waals surface area contributed by atoms with Crippen LogP contribution in [0.1, 0.15) is 23.8 Å². The second-order valence-electron chi connectivity index (χ2n) is 4.43. The molecule has 1 aromatic heterocycles. The number of para-hydroxylation sites is 1. The number of hydrogen-bond acceptors (Lipinski definition) is 2. The van der Waals surface area contributed by atoms with Gasteiger partial charge < -0.3 is 9.73 Å². The highest BCUT2D eigenvalue weighted by Gasteiger charge is 2.06. The topological polar surface area (TPSA) is 42.2 Å². The summed E-state index contributed by atoms with van der Waals surface area (Å²) in [7, 11) is 0. The molecule has 4 heteroatoms. The first-order chi connectivity index (χ1) is 9.60. The molecule has 20 heavy (non-hydrogen) atoms. The number of rotatable bonds is 4. The van der Waals surface area contributed by atoms with E-state index in [4.69, 9.17) is 4.42 Å². The molecule has 1 amide bonds. The lowest BCUT2D eigenvalue weighted by molar-refractivity contribution is -0.111. The molecule has 1 N–H and O–H groups in total. The Labute approximate surface area is 126 Å². The SMILES string of the molecule is CCc1cccc(C)c1NC(=O)/C=C/c1ccc(Br)o1. The van der Waals surface area contributed by atoms with Crippen molar-refractivity contribution in [1.82, 2.24) is 0 Å². The first kappa shape index (κ1) is 14.6. The molecule has 1 aromatic carbocycles. The fourth-order valence-corrected chi connectivity index (χ4v) is 2.26. The average Bonchev–Trinajstić information content (AvgIpc) is 2.84. The number of anilines is 1. The number of carbonyl (C=O) groups excluding carboxylic acids is 1. The molecule has 2 aromatic rings. The smallest absolute Gasteiger partial charge is 0.248 e. The van der Waals surface area contributed by atoms with Gasteiger partial charge in [0, 0.05) is 11.8 Å². The van der Waals surface area contributed by atoms with Gasteiger partial charge in [-0.15, -0.1) is 0 Å². The molecule has 0 fully saturated rings. The van der Waals surface area contributed by atoms with E-state index >= 15 is 0 Å². The second kappa shape index (κ2) is 6.57. The van der Waals surface area contributed by atoms with Crippen LogP contribution in [-0.4, -0.2) is 5.91 Å². The standard InChI is InChI=1S/C16H16BrNO2/c1-3-12-6-4-5-11(2)16(12)18-15(19)10-8-13-7-9-14(17)20-13/h4-10H,3H2,1-2H3,(H,18,19)/b10-8+. The van der Waals surface area contributed by atoms with E-state index < -0.39 is 0 Å². The van der Waals surface area contributed by atoms with Crippen LogP contribution in [0.5, 0.6) is 0 Å². The Bertz CT molecular complexity index is 644. The minimum Gasteiger partial charge on any atom is -0.450 e. The van der Waals surface area contributed by atoms with E-state index in [0.717, 1.165) is 23.2 Å². The summed E-state index contributed by atoms with van der Waals surface area (Å²) in [4.78, 5) is 12.0. The molecular formula is C16H16BrNO2. The number of furan rings is 1. The Morgan fingerprint density at radius 3 is 2.80 bits per heavy atom. The van der Waals surface area contributed by atoms with E-state index in [2.05, 4.69) is 28.2 Å². The molecule has 0 atom stereocenters. The zero-order chi connectivity index (χ0) is 14.5. The summed E-state index contributed by atoms with van der Waals surface area (Å²) in [6, 6.07) is 9.59. The summed E-state index contributed by atoms with van der Waals surface area (Å²) in [6.45, 7) is 4.06. The summed E-state index contributed by atoms with van der Waals surface area (Å²) in [5.41, 5.74) is 3.09. The van der Waals surface area contributed by atoms with Crippen LogP contribution in [0.3, 0.4) is 0 Å². The van der Waals surface area contributed by atoms with Gasteiger partial charge in [0.15, 0.2) is 4.67 Å². The zero-order valence-electron chi connectivity index (χ0n) is 11.4. The van der Waals surface area contributed by atoms with Crippen LogP contribution in [0.25, 0.3) is 6.08 Å². The third-order valence-corrected chi connectivity index (χ3v) is 3.41. The first-order valence-electron chi connectivity index (χ1n) is 6.43. The summed E-state index contributed by atoms with van der Waals surface area (Å²) < 4.78 is 5.95. The number of aryl methyl sites for hydroxylation is 2. The largest absolute Gasteiger partial charge is 0.450 e. The van der Waals surface area contributed by atoms with E-state index in [1.165, 1.54) is 6.08 Å². The lowest BCUT2D eigenvalue weighted by atomic mass is 10.1. The summed E-state index contributed by atoms with van der Waals surface area (Å²) in [5.74, 6) is 0.467. The number of halogens is 1. The van der Waals surface area contributed by atoms with Crippen LogP contribution in [0.2, 0.25) is 0 Å². The number of benzene rings is 1. The maximum Gasteiger partial charge on any atom is 0.248 e. The van der Waals surface area contributed by atoms with Gasteiger partial charge in [-0.3, -0.25) is 4.79 Å². The molecule has 2 rings (SSSR count). The van der Waals surface area contributed by atoms with Gasteiger partial charge in [-0.1, -0.05) is 25.1 Å². The Balaban J connectivity index is 2.10. The minimum absolute atomic E-state index is 0.165. The number of hydrogen-bond donors (Lipinski definition) is 1. The van der Waals surface area contributed by atoms with Gasteiger partial charge in [0.1, 0.15) is 5.76 Å². The molecule has 104 valence electrons. The summed E-state index contributed by atoms with van der Waals surface area (Å²) >= 11 is 3.22. The highest BCUT2D eigenvalue weighted by atomic mass is 79.9. The minimum atomic E-state index is -0.165. The highest BCUT2D eigenvalue weighted by molar-refractivity contribution is 9.10. The molecule has 0 radical (unpaired) electrons. The normalized spacial score (nSPS) is 10.9. The predicted octanol–water partition coefficient (Wildman–Crippen LogP) is 4.56. The van der Waals surface area contributed by atoms with Gasteiger partial charge in [-0.25, -0.2) is 0 Å². The Hall–Kier alpha value is -1.81. The van der Waals surface area contributed by atoms with Crippen LogP contribution >= 0.6 is 15.9 Å². The molecule has 0 aliphatic heterocycles. The van der Waals surface area contributed by atoms with E-state index in [-0.39, 0.29) is 5.91 Å². The number of nitrogens with one attached hydrogen (secondary N) is 1. The van der Waals surface area contributed by atoms with Crippen molar-refractivity contribution in [2.24, 2.45) is 0 Å². The summed E-state index contributed by atoms with van der Waals surface area (Å²) in [5, 5.41) is 2.93. The van der Waals surface area contributed by atoms with Crippen LogP contribution in [-0.2, 0) is 11.2 Å². The van der Waals surface area contributed by atoms with Gasteiger partial charge >= 0.3 is 0 Å². The molecule has 0 saturated carbocycles. The molecule has 0 aliphatic carbocycles. The quantitative estimate of drug-likeness (QED) is 0.833. The van der Waals surface area contributed by atoms with Crippen molar-refractivity contribution < 1.29 is 9.21 Å². The monoisotopic (exact) mass is 333 g/mol. The predicted molar refractivity (Wildman–Crippen MR) is 84.6 cm³/mol. The average molecular weight is 334 g/mol. The van der Waals surface area contributed by atoms with Gasteiger partial charge in [0.2, 0.25) is 5.91 Å². The van der Waals surface area contributed by atoms with Crippen LogP contribution in [0.15, 0.2) is 45.5 Å². The van der Waals surface area contributed by atoms with Crippen LogP contribution in [0, 0.1) is 6.92 Å². The second-order valence-corrected chi connectivity index (χ2v) is 5.21. The van der Waals surface area contributed by atoms with Gasteiger partial charge in [-0.2, -0.15) is 0 Å². The van der Waals surface area contributed by atoms with Crippen molar-refractivity contribution in [2.75, 3.05) is 5.32 Å². The van der Waals surface area contributed by atoms with Crippen molar-refractivity contribution >= 4 is 33.6 Å². The molecule has 0 saturated heterocycles. The van der Waals surface area contributed by atoms with E-state index in [0.29, 0.717) is 10.4 Å². The van der Waals surface area contributed by atoms with Crippen molar-refractivity contribution in [1.29, 1.82) is 0 Å². The fourth-order valence-electron chi connectivity index (χ4n) is 1.94. The van der Waals surface area contributed by atoms with Crippen molar-refractivity contribution in [2.45, 2.75) is 20.3 Å². The first-order valence-corrected chi connectivity index (χ1v) is 7.22. The van der Waals surface area contributed by atoms with Gasteiger partial charge in [0.25, 0.3) is 0 Å². The lowest BCUT2D eigenvalue weighted by Crippen LogP contribution is -2.10. The van der Waals surface area contributed by atoms with E-state index in [1.54, 1.807) is 18.2 Å². The van der Waals surface area contributed by atoms with Crippen molar-refractivity contribution in [3.05, 3.63) is 58.0 Å². The Morgan fingerprint density at radius 1 is 1.35 bits per heavy atom.